The molecule has 2 amide bonds. The zero-order valence-electron chi connectivity index (χ0n) is 40.3. The van der Waals surface area contributed by atoms with Gasteiger partial charge in [-0.15, -0.1) is 0 Å². The summed E-state index contributed by atoms with van der Waals surface area (Å²) in [5.74, 6) is -2.97. The number of carboxylic acids is 1. The Bertz CT molecular complexity index is 2120. The minimum Gasteiger partial charge on any atom is -0.480 e. The molecule has 2 aromatic heterocycles. The molecule has 12 N–H and O–H groups in total. The zero-order chi connectivity index (χ0) is 49.5. The maximum atomic E-state index is 14.4. The van der Waals surface area contributed by atoms with Crippen LogP contribution in [0.2, 0.25) is 0 Å². The first kappa shape index (κ1) is 54.3. The maximum Gasteiger partial charge on any atom is 0.317 e. The highest BCUT2D eigenvalue weighted by Crippen LogP contribution is 2.20. The van der Waals surface area contributed by atoms with E-state index in [0.717, 1.165) is 36.0 Å². The van der Waals surface area contributed by atoms with Crippen LogP contribution in [0, 0.1) is 5.41 Å². The Kier molecular flexibility index (Phi) is 22.7. The van der Waals surface area contributed by atoms with Gasteiger partial charge in [0.05, 0.1) is 63.1 Å². The molecule has 69 heavy (non-hydrogen) atoms. The van der Waals surface area contributed by atoms with Gasteiger partial charge in [0.2, 0.25) is 11.8 Å². The van der Waals surface area contributed by atoms with Crippen LogP contribution < -0.4 is 37.6 Å². The van der Waals surface area contributed by atoms with Gasteiger partial charge < -0.3 is 51.9 Å². The molecule has 0 aliphatic carbocycles. The Morgan fingerprint density at radius 2 is 1.54 bits per heavy atom. The number of aromatic nitrogens is 3. The van der Waals surface area contributed by atoms with Gasteiger partial charge in [0, 0.05) is 101 Å². The standard InChI is InChI=1S/C47H75N15O7/c1-59-15-16-60(2)18-20-62(31-45(67)68)22-21-61(19-17-59)30-35(63)29-55-43-26-44(66)52-13-7-3-6-12-51-40(23-33-27-54-37-10-5-4-9-36(33)37)46(69)58-38(11-8-14-53-47(48)49)41(64)25-42(65)39(57-43)24-34-28-50-32-56-34/h4-5,9-10,27-28,32,38-40,43,51,54-55,57H,3,6-8,11-26,29-31H2,1-2H3,(H,50,56)(H,52,66)(H,58,69)(H,67,68)(H4,48,49,53)/t38-,39-,40-,43?/m0/s1. The van der Waals surface area contributed by atoms with Crippen molar-refractivity contribution in [2.24, 2.45) is 5.73 Å². The highest BCUT2D eigenvalue weighted by Gasteiger charge is 2.31. The number of H-pyrrole nitrogens is 2. The fraction of sp³-hybridized carbons (Fsp3) is 0.617. The first-order valence-corrected chi connectivity index (χ1v) is 24.2. The number of carbonyl (C=O) groups excluding carboxylic acids is 5. The van der Waals surface area contributed by atoms with Crippen LogP contribution in [0.15, 0.2) is 43.0 Å². The van der Waals surface area contributed by atoms with E-state index in [1.54, 1.807) is 6.20 Å². The molecule has 2 aliphatic heterocycles. The van der Waals surface area contributed by atoms with Crippen LogP contribution in [0.3, 0.4) is 0 Å². The Morgan fingerprint density at radius 1 is 0.855 bits per heavy atom. The minimum absolute atomic E-state index is 0.0815. The number of amides is 2. The van der Waals surface area contributed by atoms with Gasteiger partial charge in [-0.3, -0.25) is 54.6 Å². The maximum absolute atomic E-state index is 14.4. The predicted octanol–water partition coefficient (Wildman–Crippen LogP) is -1.39. The number of aliphatic carboxylic acids is 1. The number of imidazole rings is 1. The molecule has 2 fully saturated rings. The molecular formula is C47H75N15O7. The summed E-state index contributed by atoms with van der Waals surface area (Å²) in [7, 11) is 4.06. The van der Waals surface area contributed by atoms with Crippen molar-refractivity contribution in [2.45, 2.75) is 82.1 Å². The molecule has 2 saturated heterocycles. The first-order chi connectivity index (χ1) is 33.2. The second-order valence-electron chi connectivity index (χ2n) is 18.4. The number of hydrogen-bond acceptors (Lipinski definition) is 15. The molecule has 0 radical (unpaired) electrons. The average Bonchev–Trinajstić information content (AvgIpc) is 3.99. The van der Waals surface area contributed by atoms with Gasteiger partial charge in [0.15, 0.2) is 23.3 Å². The zero-order valence-corrected chi connectivity index (χ0v) is 40.3. The molecule has 380 valence electrons. The molecule has 5 rings (SSSR count). The third-order valence-electron chi connectivity index (χ3n) is 12.7. The van der Waals surface area contributed by atoms with Gasteiger partial charge in [-0.1, -0.05) is 24.6 Å². The van der Waals surface area contributed by atoms with Crippen LogP contribution in [-0.4, -0.2) is 211 Å². The van der Waals surface area contributed by atoms with Crippen molar-refractivity contribution in [2.75, 3.05) is 106 Å². The summed E-state index contributed by atoms with van der Waals surface area (Å²) in [5.41, 5.74) is 7.99. The Morgan fingerprint density at radius 3 is 2.25 bits per heavy atom. The monoisotopic (exact) mass is 962 g/mol. The fourth-order valence-electron chi connectivity index (χ4n) is 8.56. The number of rotatable bonds is 15. The topological polar surface area (TPSA) is 302 Å². The van der Waals surface area contributed by atoms with Crippen LogP contribution in [0.25, 0.3) is 10.9 Å². The van der Waals surface area contributed by atoms with Crippen LogP contribution in [0.1, 0.15) is 56.2 Å². The average molecular weight is 962 g/mol. The number of nitrogens with zero attached hydrogens (tertiary/aromatic N) is 5. The third-order valence-corrected chi connectivity index (χ3v) is 12.7. The summed E-state index contributed by atoms with van der Waals surface area (Å²) >= 11 is 0. The number of Topliss-reactive ketones (excluding diaryl/α,β-unsaturated/α-hetero) is 3. The smallest absolute Gasteiger partial charge is 0.317 e. The fourth-order valence-corrected chi connectivity index (χ4v) is 8.56. The largest absolute Gasteiger partial charge is 0.480 e. The van der Waals surface area contributed by atoms with Crippen LogP contribution >= 0.6 is 0 Å². The lowest BCUT2D eigenvalue weighted by molar-refractivity contribution is -0.138. The Hall–Kier alpha value is -5.62. The number of likely N-dealkylation sites (N-methyl/N-ethyl adjacent to an activating group) is 2. The third kappa shape index (κ3) is 19.7. The lowest BCUT2D eigenvalue weighted by atomic mass is 9.96. The van der Waals surface area contributed by atoms with Crippen molar-refractivity contribution in [1.82, 2.24) is 66.5 Å². The van der Waals surface area contributed by atoms with E-state index >= 15 is 0 Å². The molecule has 2 aliphatic rings. The van der Waals surface area contributed by atoms with Gasteiger partial charge in [0.25, 0.3) is 0 Å². The van der Waals surface area contributed by atoms with Crippen LogP contribution in [-0.2, 0) is 41.6 Å². The molecule has 22 nitrogen and oxygen atoms in total. The number of nitrogens with two attached hydrogens (primary N) is 1. The van der Waals surface area contributed by atoms with Crippen molar-refractivity contribution >= 4 is 52.0 Å². The van der Waals surface area contributed by atoms with Gasteiger partial charge in [-0.05, 0) is 64.4 Å². The predicted molar refractivity (Wildman–Crippen MR) is 263 cm³/mol. The van der Waals surface area contributed by atoms with E-state index in [1.807, 2.05) is 54.4 Å². The van der Waals surface area contributed by atoms with Gasteiger partial charge in [-0.2, -0.15) is 0 Å². The van der Waals surface area contributed by atoms with Gasteiger partial charge >= 0.3 is 5.97 Å². The van der Waals surface area contributed by atoms with Crippen molar-refractivity contribution in [3.05, 3.63) is 54.2 Å². The number of fused-ring (bicyclic) bond motifs is 1. The van der Waals surface area contributed by atoms with E-state index in [9.17, 15) is 33.9 Å². The van der Waals surface area contributed by atoms with E-state index in [4.69, 9.17) is 11.1 Å². The SMILES string of the molecule is CN1CCN(C)CCN(CC(=O)CNC2CC(=O)NCCCCCN[C@@H](Cc3c[nH]c4ccccc34)C(=O)N[C@@H](CCCNC(=N)N)C(=O)CC(=O)[C@H](Cc3cnc[nH]3)N2)CCN(CC(=O)O)CC1. The molecule has 4 heterocycles. The number of ketones is 3. The van der Waals surface area contributed by atoms with Crippen LogP contribution in [0.4, 0.5) is 0 Å². The molecule has 1 unspecified atom stereocenters. The van der Waals surface area contributed by atoms with E-state index < -0.39 is 48.2 Å². The van der Waals surface area contributed by atoms with Crippen LogP contribution in [0.5, 0.6) is 0 Å². The van der Waals surface area contributed by atoms with Gasteiger partial charge in [-0.25, -0.2) is 4.98 Å². The Balaban J connectivity index is 1.34. The lowest BCUT2D eigenvalue weighted by Gasteiger charge is -2.31. The summed E-state index contributed by atoms with van der Waals surface area (Å²) in [6.07, 6.45) is 6.49. The number of carbonyl (C=O) groups is 6. The van der Waals surface area contributed by atoms with E-state index in [1.165, 1.54) is 6.33 Å². The quantitative estimate of drug-likeness (QED) is 0.0362. The van der Waals surface area contributed by atoms with E-state index in [2.05, 4.69) is 56.7 Å². The number of nitrogens with one attached hydrogen (secondary N) is 9. The minimum atomic E-state index is -1.04. The summed E-state index contributed by atoms with van der Waals surface area (Å²) < 4.78 is 0. The molecule has 22 heteroatoms. The summed E-state index contributed by atoms with van der Waals surface area (Å²) in [4.78, 5) is 101. The molecular weight excluding hydrogens is 887 g/mol. The first-order valence-electron chi connectivity index (χ1n) is 24.2. The highest BCUT2D eigenvalue weighted by molar-refractivity contribution is 6.05. The summed E-state index contributed by atoms with van der Waals surface area (Å²) in [6, 6.07) is 5.05. The number of carboxylic acid groups (broad SMARTS) is 1. The number of hydrogen-bond donors (Lipinski definition) is 11. The van der Waals surface area contributed by atoms with Crippen molar-refractivity contribution in [3.8, 4) is 0 Å². The van der Waals surface area contributed by atoms with E-state index in [-0.39, 0.29) is 69.0 Å². The normalized spacial score (nSPS) is 22.9. The molecule has 0 spiro atoms. The van der Waals surface area contributed by atoms with Crippen molar-refractivity contribution in [3.63, 3.8) is 0 Å². The van der Waals surface area contributed by atoms with Crippen molar-refractivity contribution in [1.29, 1.82) is 5.41 Å². The lowest BCUT2D eigenvalue weighted by Crippen LogP contribution is -2.55. The number of para-hydroxylation sites is 1. The molecule has 1 aromatic carbocycles. The number of benzene rings is 1. The second kappa shape index (κ2) is 28.8. The highest BCUT2D eigenvalue weighted by atomic mass is 16.4. The molecule has 0 saturated carbocycles. The van der Waals surface area contributed by atoms with Gasteiger partial charge in [0.1, 0.15) is 0 Å². The number of aromatic amines is 2. The van der Waals surface area contributed by atoms with Crippen molar-refractivity contribution < 1.29 is 33.9 Å². The number of guanidine groups is 1. The Labute approximate surface area is 404 Å². The van der Waals surface area contributed by atoms with E-state index in [0.29, 0.717) is 83.7 Å². The molecule has 3 aromatic rings. The summed E-state index contributed by atoms with van der Waals surface area (Å²) in [6.45, 7) is 6.17. The second-order valence-corrected chi connectivity index (χ2v) is 18.4. The summed E-state index contributed by atoms with van der Waals surface area (Å²) in [5, 5.41) is 36.7. The molecule has 0 bridgehead atoms. The molecule has 4 atom stereocenters.